The minimum Gasteiger partial charge on any atom is -0.375 e. The summed E-state index contributed by atoms with van der Waals surface area (Å²) in [5.74, 6) is 0.800. The van der Waals surface area contributed by atoms with Gasteiger partial charge in [0.25, 0.3) is 0 Å². The molecule has 2 N–H and O–H groups in total. The van der Waals surface area contributed by atoms with Crippen molar-refractivity contribution >= 4 is 18.3 Å². The molecule has 2 aliphatic heterocycles. The van der Waals surface area contributed by atoms with Crippen LogP contribution in [0.3, 0.4) is 0 Å². The first-order valence-electron chi connectivity index (χ1n) is 7.37. The van der Waals surface area contributed by atoms with Crippen LogP contribution in [0.4, 0.5) is 0 Å². The molecular formula is C14H27ClN2O2. The number of piperidine rings is 1. The lowest BCUT2D eigenvalue weighted by atomic mass is 10.00. The second kappa shape index (κ2) is 8.77. The van der Waals surface area contributed by atoms with Gasteiger partial charge in [0, 0.05) is 13.0 Å². The molecule has 19 heavy (non-hydrogen) atoms. The zero-order valence-electron chi connectivity index (χ0n) is 11.8. The van der Waals surface area contributed by atoms with Gasteiger partial charge in [-0.2, -0.15) is 0 Å². The predicted octanol–water partition coefficient (Wildman–Crippen LogP) is 1.87. The molecule has 3 atom stereocenters. The molecule has 0 aromatic rings. The van der Waals surface area contributed by atoms with Gasteiger partial charge in [-0.15, -0.1) is 12.4 Å². The molecule has 2 rings (SSSR count). The molecule has 2 saturated heterocycles. The van der Waals surface area contributed by atoms with E-state index in [0.717, 1.165) is 38.9 Å². The van der Waals surface area contributed by atoms with Crippen molar-refractivity contribution in [3.63, 3.8) is 0 Å². The summed E-state index contributed by atoms with van der Waals surface area (Å²) in [4.78, 5) is 11.7. The Morgan fingerprint density at radius 2 is 2.21 bits per heavy atom. The lowest BCUT2D eigenvalue weighted by Gasteiger charge is -2.23. The van der Waals surface area contributed by atoms with Crippen molar-refractivity contribution in [3.8, 4) is 0 Å². The Bertz CT molecular complexity index is 259. The van der Waals surface area contributed by atoms with E-state index in [1.54, 1.807) is 0 Å². The van der Waals surface area contributed by atoms with Gasteiger partial charge in [-0.3, -0.25) is 4.79 Å². The molecule has 4 nitrogen and oxygen atoms in total. The van der Waals surface area contributed by atoms with Crippen molar-refractivity contribution in [2.75, 3.05) is 19.6 Å². The number of rotatable bonds is 5. The maximum Gasteiger partial charge on any atom is 0.220 e. The maximum absolute atomic E-state index is 11.7. The van der Waals surface area contributed by atoms with E-state index in [1.165, 1.54) is 12.8 Å². The average Bonchev–Trinajstić information content (AvgIpc) is 2.81. The van der Waals surface area contributed by atoms with E-state index in [4.69, 9.17) is 4.74 Å². The topological polar surface area (TPSA) is 50.4 Å². The van der Waals surface area contributed by atoms with E-state index in [-0.39, 0.29) is 18.3 Å². The summed E-state index contributed by atoms with van der Waals surface area (Å²) in [5.41, 5.74) is 0. The minimum atomic E-state index is 0. The number of ether oxygens (including phenoxy) is 1. The fourth-order valence-corrected chi connectivity index (χ4v) is 2.83. The maximum atomic E-state index is 11.7. The number of amides is 1. The number of halogens is 1. The summed E-state index contributed by atoms with van der Waals surface area (Å²) in [7, 11) is 0. The van der Waals surface area contributed by atoms with Gasteiger partial charge in [0.15, 0.2) is 0 Å². The highest BCUT2D eigenvalue weighted by molar-refractivity contribution is 5.85. The van der Waals surface area contributed by atoms with Crippen LogP contribution in [0.2, 0.25) is 0 Å². The Hall–Kier alpha value is -0.320. The Morgan fingerprint density at radius 1 is 1.37 bits per heavy atom. The molecular weight excluding hydrogens is 264 g/mol. The van der Waals surface area contributed by atoms with Gasteiger partial charge in [-0.1, -0.05) is 0 Å². The molecule has 0 spiro atoms. The lowest BCUT2D eigenvalue weighted by molar-refractivity contribution is -0.122. The van der Waals surface area contributed by atoms with Crippen LogP contribution >= 0.6 is 12.4 Å². The summed E-state index contributed by atoms with van der Waals surface area (Å²) < 4.78 is 5.72. The van der Waals surface area contributed by atoms with Crippen molar-refractivity contribution in [2.24, 2.45) is 5.92 Å². The molecule has 2 heterocycles. The Kier molecular flexibility index (Phi) is 7.73. The predicted molar refractivity (Wildman–Crippen MR) is 78.7 cm³/mol. The first kappa shape index (κ1) is 16.7. The standard InChI is InChI=1S/C14H26N2O2.ClH/c1-11-4-5-13(18-11)6-7-14(17)16-10-12-3-2-8-15-9-12;/h11-13,15H,2-10H2,1H3,(H,16,17);1H. The van der Waals surface area contributed by atoms with Gasteiger partial charge < -0.3 is 15.4 Å². The van der Waals surface area contributed by atoms with E-state index in [2.05, 4.69) is 17.6 Å². The largest absolute Gasteiger partial charge is 0.375 e. The van der Waals surface area contributed by atoms with Gasteiger partial charge in [-0.05, 0) is 58.0 Å². The van der Waals surface area contributed by atoms with Gasteiger partial charge in [0.2, 0.25) is 5.91 Å². The normalized spacial score (nSPS) is 30.7. The highest BCUT2D eigenvalue weighted by atomic mass is 35.5. The van der Waals surface area contributed by atoms with Crippen molar-refractivity contribution in [1.82, 2.24) is 10.6 Å². The summed E-state index contributed by atoms with van der Waals surface area (Å²) >= 11 is 0. The monoisotopic (exact) mass is 290 g/mol. The zero-order valence-corrected chi connectivity index (χ0v) is 12.6. The number of hydrogen-bond acceptors (Lipinski definition) is 3. The molecule has 0 saturated carbocycles. The minimum absolute atomic E-state index is 0. The highest BCUT2D eigenvalue weighted by Gasteiger charge is 2.22. The number of carbonyl (C=O) groups excluding carboxylic acids is 1. The van der Waals surface area contributed by atoms with Crippen LogP contribution in [-0.4, -0.2) is 37.7 Å². The smallest absolute Gasteiger partial charge is 0.220 e. The molecule has 112 valence electrons. The highest BCUT2D eigenvalue weighted by Crippen LogP contribution is 2.22. The quantitative estimate of drug-likeness (QED) is 0.813. The van der Waals surface area contributed by atoms with Crippen LogP contribution < -0.4 is 10.6 Å². The number of hydrogen-bond donors (Lipinski definition) is 2. The summed E-state index contributed by atoms with van der Waals surface area (Å²) in [6, 6.07) is 0. The molecule has 0 aromatic heterocycles. The SMILES string of the molecule is CC1CCC(CCC(=O)NCC2CCCNC2)O1.Cl. The Balaban J connectivity index is 0.00000180. The van der Waals surface area contributed by atoms with Gasteiger partial charge in [-0.25, -0.2) is 0 Å². The van der Waals surface area contributed by atoms with Gasteiger partial charge in [0.1, 0.15) is 0 Å². The van der Waals surface area contributed by atoms with E-state index in [0.29, 0.717) is 24.5 Å². The van der Waals surface area contributed by atoms with E-state index in [1.807, 2.05) is 0 Å². The molecule has 2 aliphatic rings. The average molecular weight is 291 g/mol. The Labute approximate surface area is 122 Å². The van der Waals surface area contributed by atoms with Crippen LogP contribution in [0.5, 0.6) is 0 Å². The van der Waals surface area contributed by atoms with Gasteiger partial charge in [0.05, 0.1) is 12.2 Å². The molecule has 2 fully saturated rings. The van der Waals surface area contributed by atoms with Crippen LogP contribution in [-0.2, 0) is 9.53 Å². The fraction of sp³-hybridized carbons (Fsp3) is 0.929. The van der Waals surface area contributed by atoms with Gasteiger partial charge >= 0.3 is 0 Å². The van der Waals surface area contributed by atoms with Crippen LogP contribution in [0.1, 0.15) is 45.4 Å². The third kappa shape index (κ3) is 6.11. The first-order valence-corrected chi connectivity index (χ1v) is 7.37. The molecule has 0 aliphatic carbocycles. The molecule has 0 aromatic carbocycles. The van der Waals surface area contributed by atoms with Crippen LogP contribution in [0.15, 0.2) is 0 Å². The van der Waals surface area contributed by atoms with Crippen molar-refractivity contribution in [3.05, 3.63) is 0 Å². The van der Waals surface area contributed by atoms with Crippen molar-refractivity contribution < 1.29 is 9.53 Å². The number of nitrogens with one attached hydrogen (secondary N) is 2. The third-order valence-electron chi connectivity index (χ3n) is 4.00. The van der Waals surface area contributed by atoms with E-state index in [9.17, 15) is 4.79 Å². The first-order chi connectivity index (χ1) is 8.74. The van der Waals surface area contributed by atoms with Crippen molar-refractivity contribution in [2.45, 2.75) is 57.7 Å². The van der Waals surface area contributed by atoms with E-state index < -0.39 is 0 Å². The fourth-order valence-electron chi connectivity index (χ4n) is 2.83. The van der Waals surface area contributed by atoms with Crippen LogP contribution in [0, 0.1) is 5.92 Å². The molecule has 0 radical (unpaired) electrons. The summed E-state index contributed by atoms with van der Waals surface area (Å²) in [6.45, 7) is 5.11. The lowest BCUT2D eigenvalue weighted by Crippen LogP contribution is -2.38. The second-order valence-electron chi connectivity index (χ2n) is 5.70. The molecule has 0 bridgehead atoms. The molecule has 3 unspecified atom stereocenters. The molecule has 1 amide bonds. The number of carbonyl (C=O) groups is 1. The van der Waals surface area contributed by atoms with Crippen LogP contribution in [0.25, 0.3) is 0 Å². The van der Waals surface area contributed by atoms with Crippen molar-refractivity contribution in [1.29, 1.82) is 0 Å². The molecule has 5 heteroatoms. The second-order valence-corrected chi connectivity index (χ2v) is 5.70. The summed E-state index contributed by atoms with van der Waals surface area (Å²) in [5, 5.41) is 6.42. The van der Waals surface area contributed by atoms with E-state index >= 15 is 0 Å². The zero-order chi connectivity index (χ0) is 12.8. The third-order valence-corrected chi connectivity index (χ3v) is 4.00. The Morgan fingerprint density at radius 3 is 2.84 bits per heavy atom. The summed E-state index contributed by atoms with van der Waals surface area (Å²) in [6.07, 6.45) is 6.89.